The lowest BCUT2D eigenvalue weighted by Gasteiger charge is -2.41. The molecule has 3 saturated heterocycles. The fourth-order valence-corrected chi connectivity index (χ4v) is 5.61. The van der Waals surface area contributed by atoms with Crippen LogP contribution in [0.3, 0.4) is 0 Å². The van der Waals surface area contributed by atoms with Gasteiger partial charge >= 0.3 is 6.03 Å². The first-order valence-corrected chi connectivity index (χ1v) is 11.1. The zero-order valence-electron chi connectivity index (χ0n) is 15.6. The first kappa shape index (κ1) is 18.9. The predicted octanol–water partition coefficient (Wildman–Crippen LogP) is 1.49. The minimum atomic E-state index is -3.08. The van der Waals surface area contributed by atoms with E-state index in [4.69, 9.17) is 4.74 Å². The van der Waals surface area contributed by atoms with Crippen molar-refractivity contribution in [2.75, 3.05) is 32.9 Å². The van der Waals surface area contributed by atoms with E-state index < -0.39 is 10.0 Å². The Morgan fingerprint density at radius 1 is 1.04 bits per heavy atom. The molecule has 0 aliphatic carbocycles. The average Bonchev–Trinajstić information content (AvgIpc) is 2.85. The number of nitrogens with zero attached hydrogens (tertiary/aromatic N) is 3. The number of ether oxygens (including phenoxy) is 1. The fourth-order valence-electron chi connectivity index (χ4n) is 4.48. The van der Waals surface area contributed by atoms with Crippen LogP contribution in [0.4, 0.5) is 4.79 Å². The highest BCUT2D eigenvalue weighted by atomic mass is 32.2. The largest absolute Gasteiger partial charge is 0.375 e. The lowest BCUT2D eigenvalue weighted by molar-refractivity contribution is -0.0685. The van der Waals surface area contributed by atoms with Gasteiger partial charge in [0.05, 0.1) is 18.0 Å². The SMILES string of the molecule is CCS(=O)(=O)N1CCC(OC2CC3CCC(C2)N3C(=O)N(C)C)CC1. The number of hydrogen-bond acceptors (Lipinski definition) is 4. The minimum Gasteiger partial charge on any atom is -0.375 e. The molecular formula is C17H31N3O4S. The summed E-state index contributed by atoms with van der Waals surface area (Å²) in [5, 5.41) is 0. The van der Waals surface area contributed by atoms with Crippen LogP contribution in [0.15, 0.2) is 0 Å². The molecule has 0 N–H and O–H groups in total. The van der Waals surface area contributed by atoms with E-state index in [0.717, 1.165) is 38.5 Å². The van der Waals surface area contributed by atoms with Crippen molar-refractivity contribution < 1.29 is 17.9 Å². The van der Waals surface area contributed by atoms with E-state index in [1.54, 1.807) is 16.1 Å². The van der Waals surface area contributed by atoms with Gasteiger partial charge in [-0.05, 0) is 45.4 Å². The highest BCUT2D eigenvalue weighted by Crippen LogP contribution is 2.38. The van der Waals surface area contributed by atoms with Gasteiger partial charge in [0.15, 0.2) is 0 Å². The van der Waals surface area contributed by atoms with Gasteiger partial charge < -0.3 is 14.5 Å². The van der Waals surface area contributed by atoms with E-state index in [0.29, 0.717) is 25.2 Å². The van der Waals surface area contributed by atoms with E-state index in [9.17, 15) is 13.2 Å². The van der Waals surface area contributed by atoms with Gasteiger partial charge in [-0.25, -0.2) is 17.5 Å². The Bertz CT molecular complexity index is 573. The van der Waals surface area contributed by atoms with E-state index in [2.05, 4.69) is 4.90 Å². The van der Waals surface area contributed by atoms with Crippen LogP contribution < -0.4 is 0 Å². The van der Waals surface area contributed by atoms with Crippen LogP contribution in [0.2, 0.25) is 0 Å². The van der Waals surface area contributed by atoms with Gasteiger partial charge in [-0.3, -0.25) is 0 Å². The molecule has 0 radical (unpaired) electrons. The molecule has 25 heavy (non-hydrogen) atoms. The molecule has 7 nitrogen and oxygen atoms in total. The van der Waals surface area contributed by atoms with Gasteiger partial charge in [0.25, 0.3) is 0 Å². The lowest BCUT2D eigenvalue weighted by Crippen LogP contribution is -2.52. The van der Waals surface area contributed by atoms with E-state index in [-0.39, 0.29) is 24.0 Å². The third-order valence-electron chi connectivity index (χ3n) is 5.84. The number of carbonyl (C=O) groups excluding carboxylic acids is 1. The number of hydrogen-bond donors (Lipinski definition) is 0. The third kappa shape index (κ3) is 3.95. The van der Waals surface area contributed by atoms with Crippen molar-refractivity contribution in [2.24, 2.45) is 0 Å². The molecule has 0 saturated carbocycles. The van der Waals surface area contributed by atoms with Crippen LogP contribution in [-0.4, -0.2) is 85.8 Å². The maximum absolute atomic E-state index is 12.4. The summed E-state index contributed by atoms with van der Waals surface area (Å²) in [6, 6.07) is 0.697. The second-order valence-electron chi connectivity index (χ2n) is 7.70. The maximum Gasteiger partial charge on any atom is 0.319 e. The quantitative estimate of drug-likeness (QED) is 0.749. The molecule has 144 valence electrons. The van der Waals surface area contributed by atoms with Gasteiger partial charge in [0.2, 0.25) is 10.0 Å². The molecular weight excluding hydrogens is 342 g/mol. The summed E-state index contributed by atoms with van der Waals surface area (Å²) in [6.07, 6.45) is 5.82. The molecule has 0 aromatic rings. The molecule has 2 atom stereocenters. The van der Waals surface area contributed by atoms with Crippen LogP contribution in [0, 0.1) is 0 Å². The maximum atomic E-state index is 12.4. The van der Waals surface area contributed by atoms with Gasteiger partial charge in [-0.1, -0.05) is 0 Å². The summed E-state index contributed by atoms with van der Waals surface area (Å²) in [5.41, 5.74) is 0. The molecule has 0 aromatic carbocycles. The lowest BCUT2D eigenvalue weighted by atomic mass is 9.99. The van der Waals surface area contributed by atoms with Crippen LogP contribution in [-0.2, 0) is 14.8 Å². The molecule has 2 bridgehead atoms. The van der Waals surface area contributed by atoms with Crippen molar-refractivity contribution >= 4 is 16.1 Å². The molecule has 0 spiro atoms. The number of sulfonamides is 1. The molecule has 0 aromatic heterocycles. The first-order chi connectivity index (χ1) is 11.8. The molecule has 3 aliphatic rings. The van der Waals surface area contributed by atoms with E-state index in [1.165, 1.54) is 0 Å². The average molecular weight is 374 g/mol. The van der Waals surface area contributed by atoms with Crippen LogP contribution in [0.25, 0.3) is 0 Å². The number of amides is 2. The second-order valence-corrected chi connectivity index (χ2v) is 9.96. The van der Waals surface area contributed by atoms with E-state index in [1.807, 2.05) is 14.1 Å². The summed E-state index contributed by atoms with van der Waals surface area (Å²) in [5.74, 6) is 0.167. The Kier molecular flexibility index (Phi) is 5.60. The second kappa shape index (κ2) is 7.40. The molecule has 2 unspecified atom stereocenters. The molecule has 2 amide bonds. The molecule has 3 fully saturated rings. The normalized spacial score (nSPS) is 31.3. The number of urea groups is 1. The zero-order chi connectivity index (χ0) is 18.2. The van der Waals surface area contributed by atoms with Crippen LogP contribution >= 0.6 is 0 Å². The molecule has 3 aliphatic heterocycles. The number of carbonyl (C=O) groups is 1. The molecule has 3 rings (SSSR count). The van der Waals surface area contributed by atoms with Crippen molar-refractivity contribution in [2.45, 2.75) is 69.7 Å². The van der Waals surface area contributed by atoms with Gasteiger partial charge in [0, 0.05) is 39.3 Å². The van der Waals surface area contributed by atoms with Crippen molar-refractivity contribution in [1.82, 2.24) is 14.1 Å². The number of fused-ring (bicyclic) bond motifs is 2. The Balaban J connectivity index is 1.51. The Hall–Kier alpha value is -0.860. The van der Waals surface area contributed by atoms with Crippen molar-refractivity contribution in [3.8, 4) is 0 Å². The smallest absolute Gasteiger partial charge is 0.319 e. The van der Waals surface area contributed by atoms with Crippen molar-refractivity contribution in [3.63, 3.8) is 0 Å². The van der Waals surface area contributed by atoms with E-state index >= 15 is 0 Å². The first-order valence-electron chi connectivity index (χ1n) is 9.44. The Morgan fingerprint density at radius 3 is 2.08 bits per heavy atom. The zero-order valence-corrected chi connectivity index (χ0v) is 16.4. The van der Waals surface area contributed by atoms with Crippen LogP contribution in [0.5, 0.6) is 0 Å². The highest BCUT2D eigenvalue weighted by Gasteiger charge is 2.44. The fraction of sp³-hybridized carbons (Fsp3) is 0.941. The van der Waals surface area contributed by atoms with Gasteiger partial charge in [-0.2, -0.15) is 0 Å². The Labute approximate surface area is 151 Å². The molecule has 8 heteroatoms. The Morgan fingerprint density at radius 2 is 1.60 bits per heavy atom. The highest BCUT2D eigenvalue weighted by molar-refractivity contribution is 7.89. The predicted molar refractivity (Wildman–Crippen MR) is 95.9 cm³/mol. The van der Waals surface area contributed by atoms with Crippen LogP contribution in [0.1, 0.15) is 45.4 Å². The summed E-state index contributed by atoms with van der Waals surface area (Å²) >= 11 is 0. The summed E-state index contributed by atoms with van der Waals surface area (Å²) in [7, 11) is 0.535. The van der Waals surface area contributed by atoms with Gasteiger partial charge in [-0.15, -0.1) is 0 Å². The topological polar surface area (TPSA) is 70.2 Å². The minimum absolute atomic E-state index is 0.115. The van der Waals surface area contributed by atoms with Crippen molar-refractivity contribution in [3.05, 3.63) is 0 Å². The monoisotopic (exact) mass is 373 g/mol. The summed E-state index contributed by atoms with van der Waals surface area (Å²) in [6.45, 7) is 2.81. The number of rotatable bonds is 4. The summed E-state index contributed by atoms with van der Waals surface area (Å²) in [4.78, 5) is 16.1. The van der Waals surface area contributed by atoms with Crippen molar-refractivity contribution in [1.29, 1.82) is 0 Å². The third-order valence-corrected chi connectivity index (χ3v) is 7.72. The standard InChI is InChI=1S/C17H31N3O4S/c1-4-25(22,23)19-9-7-15(8-10-19)24-16-11-13-5-6-14(12-16)20(13)17(21)18(2)3/h13-16H,4-12H2,1-3H3. The van der Waals surface area contributed by atoms with Gasteiger partial charge in [0.1, 0.15) is 0 Å². The summed E-state index contributed by atoms with van der Waals surface area (Å²) < 4.78 is 31.8. The molecule has 3 heterocycles. The number of piperidine rings is 2.